The van der Waals surface area contributed by atoms with Crippen molar-refractivity contribution >= 4 is 34.2 Å². The predicted octanol–water partition coefficient (Wildman–Crippen LogP) is 3.40. The second kappa shape index (κ2) is 4.32. The Hall–Kier alpha value is -0.540. The zero-order chi connectivity index (χ0) is 9.97. The molecule has 0 saturated heterocycles. The van der Waals surface area contributed by atoms with Gasteiger partial charge in [0.2, 0.25) is 0 Å². The van der Waals surface area contributed by atoms with Gasteiger partial charge in [0.05, 0.1) is 15.2 Å². The van der Waals surface area contributed by atoms with Crippen molar-refractivity contribution in [1.82, 2.24) is 4.98 Å². The summed E-state index contributed by atoms with van der Waals surface area (Å²) in [7, 11) is 0. The number of benzene rings is 1. The standard InChI is InChI=1S/C11H13NS2/c1-8(7-13)6-11-12-9-4-2-3-5-10(9)14-11/h2-5,8,13H,6-7H2,1H3. The molecule has 2 rings (SSSR count). The molecule has 0 fully saturated rings. The molecule has 0 radical (unpaired) electrons. The summed E-state index contributed by atoms with van der Waals surface area (Å²) in [6.07, 6.45) is 1.04. The maximum absolute atomic E-state index is 4.59. The second-order valence-corrected chi connectivity index (χ2v) is 5.05. The average molecular weight is 223 g/mol. The largest absolute Gasteiger partial charge is 0.241 e. The molecule has 2 aromatic rings. The lowest BCUT2D eigenvalue weighted by Crippen LogP contribution is -2.00. The van der Waals surface area contributed by atoms with Crippen LogP contribution >= 0.6 is 24.0 Å². The molecule has 0 amide bonds. The number of para-hydroxylation sites is 1. The van der Waals surface area contributed by atoms with Crippen LogP contribution in [0.15, 0.2) is 24.3 Å². The molecule has 0 N–H and O–H groups in total. The van der Waals surface area contributed by atoms with Crippen molar-refractivity contribution in [3.05, 3.63) is 29.3 Å². The fourth-order valence-corrected chi connectivity index (χ4v) is 2.63. The van der Waals surface area contributed by atoms with Crippen molar-refractivity contribution in [2.24, 2.45) is 5.92 Å². The molecule has 74 valence electrons. The van der Waals surface area contributed by atoms with E-state index < -0.39 is 0 Å². The van der Waals surface area contributed by atoms with E-state index in [1.54, 1.807) is 11.3 Å². The van der Waals surface area contributed by atoms with Crippen molar-refractivity contribution in [3.8, 4) is 0 Å². The van der Waals surface area contributed by atoms with E-state index in [0.29, 0.717) is 5.92 Å². The highest BCUT2D eigenvalue weighted by Crippen LogP contribution is 2.23. The van der Waals surface area contributed by atoms with Gasteiger partial charge in [-0.15, -0.1) is 11.3 Å². The van der Waals surface area contributed by atoms with Gasteiger partial charge in [-0.3, -0.25) is 0 Å². The van der Waals surface area contributed by atoms with Crippen molar-refractivity contribution in [2.45, 2.75) is 13.3 Å². The Morgan fingerprint density at radius 3 is 2.93 bits per heavy atom. The normalized spacial score (nSPS) is 13.3. The third kappa shape index (κ3) is 2.10. The molecule has 14 heavy (non-hydrogen) atoms. The summed E-state index contributed by atoms with van der Waals surface area (Å²) < 4.78 is 1.29. The lowest BCUT2D eigenvalue weighted by molar-refractivity contribution is 0.658. The topological polar surface area (TPSA) is 12.9 Å². The van der Waals surface area contributed by atoms with Gasteiger partial charge in [-0.05, 0) is 23.8 Å². The minimum absolute atomic E-state index is 0.610. The highest BCUT2D eigenvalue weighted by atomic mass is 32.1. The van der Waals surface area contributed by atoms with Crippen molar-refractivity contribution in [3.63, 3.8) is 0 Å². The van der Waals surface area contributed by atoms with Gasteiger partial charge >= 0.3 is 0 Å². The number of nitrogens with zero attached hydrogens (tertiary/aromatic N) is 1. The van der Waals surface area contributed by atoms with Gasteiger partial charge in [-0.2, -0.15) is 12.6 Å². The fourth-order valence-electron chi connectivity index (χ4n) is 1.37. The molecule has 0 aliphatic rings. The summed E-state index contributed by atoms with van der Waals surface area (Å²) in [4.78, 5) is 4.59. The van der Waals surface area contributed by atoms with Crippen molar-refractivity contribution in [2.75, 3.05) is 5.75 Å². The summed E-state index contributed by atoms with van der Waals surface area (Å²) >= 11 is 6.08. The van der Waals surface area contributed by atoms with E-state index in [9.17, 15) is 0 Å². The first-order valence-electron chi connectivity index (χ1n) is 4.75. The number of hydrogen-bond acceptors (Lipinski definition) is 3. The third-order valence-electron chi connectivity index (χ3n) is 2.17. The van der Waals surface area contributed by atoms with Crippen LogP contribution in [0.2, 0.25) is 0 Å². The van der Waals surface area contributed by atoms with Gasteiger partial charge in [-0.1, -0.05) is 19.1 Å². The number of rotatable bonds is 3. The van der Waals surface area contributed by atoms with Gasteiger partial charge in [0.25, 0.3) is 0 Å². The molecule has 0 aliphatic heterocycles. The third-order valence-corrected chi connectivity index (χ3v) is 3.85. The summed E-state index contributed by atoms with van der Waals surface area (Å²) in [6.45, 7) is 2.21. The molecule has 0 bridgehead atoms. The number of fused-ring (bicyclic) bond motifs is 1. The Labute approximate surface area is 93.6 Å². The molecule has 1 heterocycles. The van der Waals surface area contributed by atoms with E-state index in [-0.39, 0.29) is 0 Å². The molecule has 0 spiro atoms. The number of thiazole rings is 1. The first kappa shape index (κ1) is 9.99. The molecular weight excluding hydrogens is 210 g/mol. The molecule has 3 heteroatoms. The van der Waals surface area contributed by atoms with E-state index >= 15 is 0 Å². The van der Waals surface area contributed by atoms with Crippen LogP contribution < -0.4 is 0 Å². The maximum atomic E-state index is 4.59. The summed E-state index contributed by atoms with van der Waals surface area (Å²) in [6, 6.07) is 8.29. The van der Waals surface area contributed by atoms with E-state index in [1.165, 1.54) is 9.71 Å². The molecule has 1 atom stereocenters. The molecule has 0 saturated carbocycles. The SMILES string of the molecule is CC(CS)Cc1nc2ccccc2s1. The van der Waals surface area contributed by atoms with Crippen LogP contribution in [0.5, 0.6) is 0 Å². The number of hydrogen-bond donors (Lipinski definition) is 1. The fraction of sp³-hybridized carbons (Fsp3) is 0.364. The maximum Gasteiger partial charge on any atom is 0.0941 e. The van der Waals surface area contributed by atoms with Crippen LogP contribution in [-0.2, 0) is 6.42 Å². The molecule has 0 aliphatic carbocycles. The Morgan fingerprint density at radius 1 is 1.43 bits per heavy atom. The summed E-state index contributed by atoms with van der Waals surface area (Å²) in [5, 5.41) is 1.23. The van der Waals surface area contributed by atoms with Crippen LogP contribution in [0.1, 0.15) is 11.9 Å². The Kier molecular flexibility index (Phi) is 3.08. The Bertz CT molecular complexity index is 389. The highest BCUT2D eigenvalue weighted by molar-refractivity contribution is 7.80. The minimum Gasteiger partial charge on any atom is -0.241 e. The number of aromatic nitrogens is 1. The lowest BCUT2D eigenvalue weighted by atomic mass is 10.1. The highest BCUT2D eigenvalue weighted by Gasteiger charge is 2.06. The first-order chi connectivity index (χ1) is 6.79. The monoisotopic (exact) mass is 223 g/mol. The van der Waals surface area contributed by atoms with Gasteiger partial charge in [-0.25, -0.2) is 4.98 Å². The van der Waals surface area contributed by atoms with Gasteiger partial charge in [0.1, 0.15) is 0 Å². The van der Waals surface area contributed by atoms with Crippen LogP contribution in [0.4, 0.5) is 0 Å². The van der Waals surface area contributed by atoms with E-state index in [2.05, 4.69) is 42.7 Å². The molecule has 1 aromatic carbocycles. The van der Waals surface area contributed by atoms with E-state index in [0.717, 1.165) is 17.7 Å². The van der Waals surface area contributed by atoms with Crippen molar-refractivity contribution in [1.29, 1.82) is 0 Å². The second-order valence-electron chi connectivity index (χ2n) is 3.57. The minimum atomic E-state index is 0.610. The van der Waals surface area contributed by atoms with E-state index in [4.69, 9.17) is 0 Å². The summed E-state index contributed by atoms with van der Waals surface area (Å²) in [5.41, 5.74) is 1.12. The quantitative estimate of drug-likeness (QED) is 0.787. The van der Waals surface area contributed by atoms with Crippen LogP contribution in [-0.4, -0.2) is 10.7 Å². The molecular formula is C11H13NS2. The van der Waals surface area contributed by atoms with Crippen LogP contribution in [0.3, 0.4) is 0 Å². The van der Waals surface area contributed by atoms with E-state index in [1.807, 2.05) is 6.07 Å². The Morgan fingerprint density at radius 2 is 2.21 bits per heavy atom. The van der Waals surface area contributed by atoms with Crippen LogP contribution in [0.25, 0.3) is 10.2 Å². The zero-order valence-electron chi connectivity index (χ0n) is 8.10. The first-order valence-corrected chi connectivity index (χ1v) is 6.20. The predicted molar refractivity (Wildman–Crippen MR) is 66.3 cm³/mol. The molecule has 1 nitrogen and oxygen atoms in total. The molecule has 1 unspecified atom stereocenters. The van der Waals surface area contributed by atoms with Crippen molar-refractivity contribution < 1.29 is 0 Å². The Balaban J connectivity index is 2.27. The number of thiol groups is 1. The summed E-state index contributed by atoms with van der Waals surface area (Å²) in [5.74, 6) is 1.54. The van der Waals surface area contributed by atoms with Gasteiger partial charge < -0.3 is 0 Å². The molecule has 1 aromatic heterocycles. The van der Waals surface area contributed by atoms with Gasteiger partial charge in [0, 0.05) is 6.42 Å². The zero-order valence-corrected chi connectivity index (χ0v) is 9.81. The lowest BCUT2D eigenvalue weighted by Gasteiger charge is -2.02. The smallest absolute Gasteiger partial charge is 0.0941 e. The van der Waals surface area contributed by atoms with Crippen LogP contribution in [0, 0.1) is 5.92 Å². The average Bonchev–Trinajstić information content (AvgIpc) is 2.59. The van der Waals surface area contributed by atoms with Gasteiger partial charge in [0.15, 0.2) is 0 Å².